The van der Waals surface area contributed by atoms with Gasteiger partial charge in [0, 0.05) is 5.56 Å². The van der Waals surface area contributed by atoms with Crippen molar-refractivity contribution in [3.05, 3.63) is 89.7 Å². The van der Waals surface area contributed by atoms with Gasteiger partial charge in [-0.3, -0.25) is 9.52 Å². The first kappa shape index (κ1) is 21.0. The zero-order chi connectivity index (χ0) is 21.6. The number of sulfonamides is 1. The number of methoxy groups -OCH3 is 1. The minimum atomic E-state index is -3.95. The molecule has 0 aliphatic carbocycles. The minimum Gasteiger partial charge on any atom is -0.495 e. The molecule has 0 saturated heterocycles. The number of hydrazone groups is 1. The van der Waals surface area contributed by atoms with Crippen molar-refractivity contribution in [1.82, 2.24) is 5.43 Å². The molecular formula is C21H18FN3O4S. The number of rotatable bonds is 7. The molecule has 0 aromatic heterocycles. The van der Waals surface area contributed by atoms with Gasteiger partial charge in [0.1, 0.15) is 11.6 Å². The molecule has 0 heterocycles. The highest BCUT2D eigenvalue weighted by Crippen LogP contribution is 2.26. The fourth-order valence-corrected chi connectivity index (χ4v) is 3.63. The van der Waals surface area contributed by atoms with E-state index in [4.69, 9.17) is 4.74 Å². The maximum absolute atomic E-state index is 12.9. The molecule has 9 heteroatoms. The summed E-state index contributed by atoms with van der Waals surface area (Å²) in [5.74, 6) is -0.608. The van der Waals surface area contributed by atoms with Crippen molar-refractivity contribution in [3.8, 4) is 5.75 Å². The normalized spacial score (nSPS) is 11.3. The van der Waals surface area contributed by atoms with Crippen LogP contribution >= 0.6 is 0 Å². The molecule has 7 nitrogen and oxygen atoms in total. The van der Waals surface area contributed by atoms with E-state index in [-0.39, 0.29) is 22.0 Å². The number of anilines is 1. The number of nitrogens with zero attached hydrogens (tertiary/aromatic N) is 1. The number of ether oxygens (including phenoxy) is 1. The zero-order valence-corrected chi connectivity index (χ0v) is 16.7. The molecule has 3 aromatic rings. The van der Waals surface area contributed by atoms with Gasteiger partial charge in [-0.05, 0) is 48.0 Å². The van der Waals surface area contributed by atoms with E-state index < -0.39 is 15.9 Å². The first-order chi connectivity index (χ1) is 14.4. The van der Waals surface area contributed by atoms with Crippen LogP contribution in [0.5, 0.6) is 5.75 Å². The van der Waals surface area contributed by atoms with Crippen LogP contribution in [0.4, 0.5) is 10.1 Å². The van der Waals surface area contributed by atoms with Gasteiger partial charge in [-0.25, -0.2) is 18.2 Å². The van der Waals surface area contributed by atoms with E-state index in [1.807, 2.05) is 0 Å². The second-order valence-electron chi connectivity index (χ2n) is 6.08. The van der Waals surface area contributed by atoms with Crippen LogP contribution in [0.2, 0.25) is 0 Å². The Morgan fingerprint density at radius 1 is 1.03 bits per heavy atom. The fraction of sp³-hybridized carbons (Fsp3) is 0.0476. The van der Waals surface area contributed by atoms with Crippen molar-refractivity contribution < 1.29 is 22.3 Å². The Kier molecular flexibility index (Phi) is 6.43. The van der Waals surface area contributed by atoms with Gasteiger partial charge in [0.05, 0.1) is 23.9 Å². The molecule has 0 aliphatic rings. The lowest BCUT2D eigenvalue weighted by molar-refractivity contribution is 0.0955. The highest BCUT2D eigenvalue weighted by atomic mass is 32.2. The van der Waals surface area contributed by atoms with Crippen LogP contribution in [0, 0.1) is 5.82 Å². The molecule has 0 fully saturated rings. The van der Waals surface area contributed by atoms with Crippen molar-refractivity contribution in [2.75, 3.05) is 11.8 Å². The van der Waals surface area contributed by atoms with E-state index in [1.165, 1.54) is 61.9 Å². The summed E-state index contributed by atoms with van der Waals surface area (Å²) < 4.78 is 45.9. The summed E-state index contributed by atoms with van der Waals surface area (Å²) in [6, 6.07) is 17.6. The Labute approximate surface area is 173 Å². The molecule has 154 valence electrons. The molecule has 30 heavy (non-hydrogen) atoms. The van der Waals surface area contributed by atoms with Crippen LogP contribution in [0.1, 0.15) is 15.9 Å². The van der Waals surface area contributed by atoms with Gasteiger partial charge < -0.3 is 4.74 Å². The van der Waals surface area contributed by atoms with E-state index in [2.05, 4.69) is 15.2 Å². The Morgan fingerprint density at radius 3 is 2.50 bits per heavy atom. The van der Waals surface area contributed by atoms with E-state index >= 15 is 0 Å². The average Bonchev–Trinajstić information content (AvgIpc) is 2.75. The number of carbonyl (C=O) groups excluding carboxylic acids is 1. The summed E-state index contributed by atoms with van der Waals surface area (Å²) in [4.78, 5) is 12.2. The quantitative estimate of drug-likeness (QED) is 0.446. The number of carbonyl (C=O) groups is 1. The Hall–Kier alpha value is -3.72. The third-order valence-electron chi connectivity index (χ3n) is 4.01. The third kappa shape index (κ3) is 5.21. The largest absolute Gasteiger partial charge is 0.495 e. The van der Waals surface area contributed by atoms with Crippen LogP contribution in [0.25, 0.3) is 0 Å². The van der Waals surface area contributed by atoms with Crippen LogP contribution in [-0.2, 0) is 10.0 Å². The van der Waals surface area contributed by atoms with Gasteiger partial charge in [0.15, 0.2) is 0 Å². The monoisotopic (exact) mass is 427 g/mol. The fourth-order valence-electron chi connectivity index (χ4n) is 2.52. The van der Waals surface area contributed by atoms with Gasteiger partial charge in [0.2, 0.25) is 0 Å². The van der Waals surface area contributed by atoms with Crippen molar-refractivity contribution in [2.24, 2.45) is 5.10 Å². The third-order valence-corrected chi connectivity index (χ3v) is 5.37. The van der Waals surface area contributed by atoms with Crippen molar-refractivity contribution in [1.29, 1.82) is 0 Å². The smallest absolute Gasteiger partial charge is 0.271 e. The summed E-state index contributed by atoms with van der Waals surface area (Å²) in [5.41, 5.74) is 3.28. The average molecular weight is 427 g/mol. The first-order valence-corrected chi connectivity index (χ1v) is 10.2. The lowest BCUT2D eigenvalue weighted by Gasteiger charge is -2.12. The summed E-state index contributed by atoms with van der Waals surface area (Å²) >= 11 is 0. The van der Waals surface area contributed by atoms with E-state index in [9.17, 15) is 17.6 Å². The van der Waals surface area contributed by atoms with Crippen LogP contribution in [0.3, 0.4) is 0 Å². The molecule has 0 spiro atoms. The van der Waals surface area contributed by atoms with Gasteiger partial charge in [-0.1, -0.05) is 30.3 Å². The number of hydrogen-bond acceptors (Lipinski definition) is 5. The van der Waals surface area contributed by atoms with Crippen molar-refractivity contribution in [3.63, 3.8) is 0 Å². The Morgan fingerprint density at radius 2 is 1.77 bits per heavy atom. The summed E-state index contributed by atoms with van der Waals surface area (Å²) in [7, 11) is -2.52. The highest BCUT2D eigenvalue weighted by Gasteiger charge is 2.18. The summed E-state index contributed by atoms with van der Waals surface area (Å²) in [6.07, 6.45) is 1.35. The molecule has 0 unspecified atom stereocenters. The van der Waals surface area contributed by atoms with Crippen molar-refractivity contribution in [2.45, 2.75) is 4.90 Å². The zero-order valence-electron chi connectivity index (χ0n) is 15.9. The second-order valence-corrected chi connectivity index (χ2v) is 7.77. The molecule has 3 aromatic carbocycles. The summed E-state index contributed by atoms with van der Waals surface area (Å²) in [6.45, 7) is 0. The van der Waals surface area contributed by atoms with Gasteiger partial charge in [-0.2, -0.15) is 5.10 Å². The van der Waals surface area contributed by atoms with Crippen LogP contribution in [-0.4, -0.2) is 27.6 Å². The molecule has 3 rings (SSSR count). The maximum atomic E-state index is 12.9. The molecule has 0 radical (unpaired) electrons. The molecule has 2 N–H and O–H groups in total. The van der Waals surface area contributed by atoms with Crippen LogP contribution in [0.15, 0.2) is 82.8 Å². The molecule has 0 saturated carbocycles. The van der Waals surface area contributed by atoms with E-state index in [0.717, 1.165) is 0 Å². The van der Waals surface area contributed by atoms with Gasteiger partial charge >= 0.3 is 0 Å². The van der Waals surface area contributed by atoms with Gasteiger partial charge in [0.25, 0.3) is 15.9 Å². The van der Waals surface area contributed by atoms with E-state index in [1.54, 1.807) is 24.3 Å². The first-order valence-electron chi connectivity index (χ1n) is 8.74. The number of nitrogens with one attached hydrogen (secondary N) is 2. The number of amides is 1. The maximum Gasteiger partial charge on any atom is 0.271 e. The second kappa shape index (κ2) is 9.19. The SMILES string of the molecule is COc1ccccc1NS(=O)(=O)c1cccc(C(=O)NN=Cc2ccc(F)cc2)c1. The minimum absolute atomic E-state index is 0.0939. The Balaban J connectivity index is 1.74. The van der Waals surface area contributed by atoms with E-state index in [0.29, 0.717) is 11.3 Å². The summed E-state index contributed by atoms with van der Waals surface area (Å²) in [5, 5.41) is 3.80. The number of para-hydroxylation sites is 2. The predicted molar refractivity (Wildman–Crippen MR) is 112 cm³/mol. The topological polar surface area (TPSA) is 96.9 Å². The highest BCUT2D eigenvalue weighted by molar-refractivity contribution is 7.92. The predicted octanol–water partition coefficient (Wildman–Crippen LogP) is 3.40. The Bertz CT molecular complexity index is 1180. The molecule has 0 atom stereocenters. The molecule has 0 aliphatic heterocycles. The van der Waals surface area contributed by atoms with Crippen molar-refractivity contribution >= 4 is 27.8 Å². The number of benzene rings is 3. The van der Waals surface area contributed by atoms with Gasteiger partial charge in [-0.15, -0.1) is 0 Å². The number of hydrogen-bond donors (Lipinski definition) is 2. The molecule has 1 amide bonds. The molecular weight excluding hydrogens is 409 g/mol. The van der Waals surface area contributed by atoms with Crippen LogP contribution < -0.4 is 14.9 Å². The molecule has 0 bridgehead atoms. The lowest BCUT2D eigenvalue weighted by Crippen LogP contribution is -2.19. The number of halogens is 1. The standard InChI is InChI=1S/C21H18FN3O4S/c1-29-20-8-3-2-7-19(20)25-30(27,28)18-6-4-5-16(13-18)21(26)24-23-14-15-9-11-17(22)12-10-15/h2-14,25H,1H3,(H,24,26). The lowest BCUT2D eigenvalue weighted by atomic mass is 10.2.